The Morgan fingerprint density at radius 1 is 1.36 bits per heavy atom. The number of nitrogens with two attached hydrogens (primary N) is 1. The van der Waals surface area contributed by atoms with E-state index in [2.05, 4.69) is 44.4 Å². The molecule has 116 valence electrons. The second kappa shape index (κ2) is 7.41. The molecule has 7 heteroatoms. The van der Waals surface area contributed by atoms with E-state index in [0.717, 1.165) is 14.8 Å². The topological polar surface area (TPSA) is 89.3 Å². The summed E-state index contributed by atoms with van der Waals surface area (Å²) in [4.78, 5) is 16.1. The Labute approximate surface area is 142 Å². The summed E-state index contributed by atoms with van der Waals surface area (Å²) in [5, 5.41) is 3.24. The largest absolute Gasteiger partial charge is 0.462 e. The number of aromatic nitrogens is 1. The SMILES string of the molecule is CCOC(=O)c1cnc(NN)cc1Nc1ccc(I)cc1C. The fraction of sp³-hybridized carbons (Fsp3) is 0.200. The maximum Gasteiger partial charge on any atom is 0.341 e. The average molecular weight is 412 g/mol. The predicted octanol–water partition coefficient (Wildman–Crippen LogP) is 3.20. The number of carbonyl (C=O) groups is 1. The number of halogens is 1. The number of hydrazine groups is 1. The Hall–Kier alpha value is -1.87. The van der Waals surface area contributed by atoms with E-state index in [4.69, 9.17) is 10.6 Å². The number of ether oxygens (including phenoxy) is 1. The lowest BCUT2D eigenvalue weighted by Gasteiger charge is -2.14. The lowest BCUT2D eigenvalue weighted by molar-refractivity contribution is 0.0527. The number of hydrogen-bond donors (Lipinski definition) is 3. The summed E-state index contributed by atoms with van der Waals surface area (Å²) >= 11 is 2.25. The molecule has 0 aliphatic heterocycles. The second-order valence-electron chi connectivity index (χ2n) is 4.56. The smallest absolute Gasteiger partial charge is 0.341 e. The van der Waals surface area contributed by atoms with Crippen molar-refractivity contribution in [2.75, 3.05) is 17.3 Å². The van der Waals surface area contributed by atoms with Crippen molar-refractivity contribution in [3.8, 4) is 0 Å². The first-order chi connectivity index (χ1) is 10.5. The Morgan fingerprint density at radius 2 is 2.14 bits per heavy atom. The van der Waals surface area contributed by atoms with Crippen LogP contribution < -0.4 is 16.6 Å². The van der Waals surface area contributed by atoms with E-state index in [1.54, 1.807) is 13.0 Å². The number of carbonyl (C=O) groups excluding carboxylic acids is 1. The third kappa shape index (κ3) is 3.86. The Kier molecular flexibility index (Phi) is 5.56. The molecule has 1 aromatic carbocycles. The number of nitrogens with zero attached hydrogens (tertiary/aromatic N) is 1. The van der Waals surface area contributed by atoms with Crippen LogP contribution in [0.25, 0.3) is 0 Å². The van der Waals surface area contributed by atoms with Gasteiger partial charge in [0.1, 0.15) is 11.4 Å². The van der Waals surface area contributed by atoms with Crippen LogP contribution in [0.1, 0.15) is 22.8 Å². The van der Waals surface area contributed by atoms with Gasteiger partial charge in [0.05, 0.1) is 12.3 Å². The van der Waals surface area contributed by atoms with Crippen molar-refractivity contribution in [1.82, 2.24) is 4.98 Å². The maximum atomic E-state index is 12.0. The molecule has 1 aromatic heterocycles. The fourth-order valence-electron chi connectivity index (χ4n) is 1.92. The van der Waals surface area contributed by atoms with Gasteiger partial charge in [-0.15, -0.1) is 0 Å². The van der Waals surface area contributed by atoms with Gasteiger partial charge < -0.3 is 15.5 Å². The van der Waals surface area contributed by atoms with Crippen LogP contribution in [-0.4, -0.2) is 17.6 Å². The van der Waals surface area contributed by atoms with Crippen LogP contribution in [0.2, 0.25) is 0 Å². The van der Waals surface area contributed by atoms with Crippen LogP contribution in [0.15, 0.2) is 30.5 Å². The zero-order valence-corrected chi connectivity index (χ0v) is 14.5. The van der Waals surface area contributed by atoms with Crippen LogP contribution in [0, 0.1) is 10.5 Å². The molecule has 1 heterocycles. The van der Waals surface area contributed by atoms with Gasteiger partial charge in [-0.3, -0.25) is 0 Å². The number of hydrogen-bond acceptors (Lipinski definition) is 6. The standard InChI is InChI=1S/C15H17IN4O2/c1-3-22-15(21)11-8-18-14(20-17)7-13(11)19-12-5-4-10(16)6-9(12)2/h4-8H,3,17H2,1-2H3,(H2,18,19,20). The van der Waals surface area contributed by atoms with E-state index in [0.29, 0.717) is 23.7 Å². The molecule has 0 atom stereocenters. The van der Waals surface area contributed by atoms with Crippen LogP contribution in [0.5, 0.6) is 0 Å². The number of rotatable bonds is 5. The summed E-state index contributed by atoms with van der Waals surface area (Å²) < 4.78 is 6.20. The van der Waals surface area contributed by atoms with E-state index in [1.807, 2.05) is 19.1 Å². The van der Waals surface area contributed by atoms with E-state index in [1.165, 1.54) is 6.20 Å². The fourth-order valence-corrected chi connectivity index (χ4v) is 2.57. The van der Waals surface area contributed by atoms with Crippen LogP contribution in [-0.2, 0) is 4.74 Å². The van der Waals surface area contributed by atoms with Gasteiger partial charge in [-0.25, -0.2) is 15.6 Å². The highest BCUT2D eigenvalue weighted by Crippen LogP contribution is 2.26. The molecule has 22 heavy (non-hydrogen) atoms. The van der Waals surface area contributed by atoms with Crippen LogP contribution in [0.3, 0.4) is 0 Å². The molecule has 0 aliphatic carbocycles. The number of esters is 1. The molecule has 0 spiro atoms. The quantitative estimate of drug-likeness (QED) is 0.303. The molecule has 0 unspecified atom stereocenters. The highest BCUT2D eigenvalue weighted by Gasteiger charge is 2.15. The molecule has 2 rings (SSSR count). The minimum absolute atomic E-state index is 0.303. The number of aryl methyl sites for hydroxylation is 1. The van der Waals surface area contributed by atoms with Gasteiger partial charge in [0.15, 0.2) is 0 Å². The molecule has 0 amide bonds. The summed E-state index contributed by atoms with van der Waals surface area (Å²) in [6, 6.07) is 7.67. The van der Waals surface area contributed by atoms with Crippen LogP contribution >= 0.6 is 22.6 Å². The molecule has 0 radical (unpaired) electrons. The number of anilines is 3. The Balaban J connectivity index is 2.40. The third-order valence-corrected chi connectivity index (χ3v) is 3.68. The molecular weight excluding hydrogens is 395 g/mol. The van der Waals surface area contributed by atoms with E-state index < -0.39 is 5.97 Å². The average Bonchev–Trinajstić information content (AvgIpc) is 2.50. The number of nitrogens with one attached hydrogen (secondary N) is 2. The maximum absolute atomic E-state index is 12.0. The lowest BCUT2D eigenvalue weighted by Crippen LogP contribution is -2.13. The van der Waals surface area contributed by atoms with Crippen molar-refractivity contribution in [3.05, 3.63) is 45.2 Å². The monoisotopic (exact) mass is 412 g/mol. The van der Waals surface area contributed by atoms with Crippen LogP contribution in [0.4, 0.5) is 17.2 Å². The Bertz CT molecular complexity index is 691. The molecule has 6 nitrogen and oxygen atoms in total. The van der Waals surface area contributed by atoms with Gasteiger partial charge in [-0.2, -0.15) is 0 Å². The van der Waals surface area contributed by atoms with E-state index in [-0.39, 0.29) is 0 Å². The summed E-state index contributed by atoms with van der Waals surface area (Å²) in [7, 11) is 0. The minimum Gasteiger partial charge on any atom is -0.462 e. The van der Waals surface area contributed by atoms with Crippen molar-refractivity contribution < 1.29 is 9.53 Å². The number of pyridine rings is 1. The molecule has 0 saturated carbocycles. The van der Waals surface area contributed by atoms with Crippen molar-refractivity contribution in [2.45, 2.75) is 13.8 Å². The first-order valence-corrected chi connectivity index (χ1v) is 7.80. The summed E-state index contributed by atoms with van der Waals surface area (Å²) in [5.74, 6) is 5.42. The predicted molar refractivity (Wildman–Crippen MR) is 95.2 cm³/mol. The lowest BCUT2D eigenvalue weighted by atomic mass is 10.1. The van der Waals surface area contributed by atoms with Gasteiger partial charge in [-0.1, -0.05) is 0 Å². The molecule has 2 aromatic rings. The number of nitrogen functional groups attached to an aromatic ring is 1. The van der Waals surface area contributed by atoms with Gasteiger partial charge >= 0.3 is 5.97 Å². The zero-order chi connectivity index (χ0) is 16.1. The van der Waals surface area contributed by atoms with Gasteiger partial charge in [0.25, 0.3) is 0 Å². The van der Waals surface area contributed by atoms with Crippen molar-refractivity contribution in [2.24, 2.45) is 5.84 Å². The van der Waals surface area contributed by atoms with Crippen molar-refractivity contribution in [1.29, 1.82) is 0 Å². The van der Waals surface area contributed by atoms with Gasteiger partial charge in [0, 0.05) is 21.5 Å². The van der Waals surface area contributed by atoms with E-state index in [9.17, 15) is 4.79 Å². The van der Waals surface area contributed by atoms with Crippen molar-refractivity contribution >= 4 is 45.8 Å². The van der Waals surface area contributed by atoms with E-state index >= 15 is 0 Å². The summed E-state index contributed by atoms with van der Waals surface area (Å²) in [6.45, 7) is 4.06. The normalized spacial score (nSPS) is 10.2. The molecular formula is C15H17IN4O2. The third-order valence-electron chi connectivity index (χ3n) is 3.00. The summed E-state index contributed by atoms with van der Waals surface area (Å²) in [5.41, 5.74) is 5.39. The minimum atomic E-state index is -0.427. The molecule has 0 fully saturated rings. The van der Waals surface area contributed by atoms with Crippen molar-refractivity contribution in [3.63, 3.8) is 0 Å². The van der Waals surface area contributed by atoms with Gasteiger partial charge in [0.2, 0.25) is 0 Å². The first-order valence-electron chi connectivity index (χ1n) is 6.72. The highest BCUT2D eigenvalue weighted by atomic mass is 127. The molecule has 4 N–H and O–H groups in total. The zero-order valence-electron chi connectivity index (χ0n) is 12.3. The number of benzene rings is 1. The molecule has 0 bridgehead atoms. The Morgan fingerprint density at radius 3 is 2.77 bits per heavy atom. The highest BCUT2D eigenvalue weighted by molar-refractivity contribution is 14.1. The first kappa shape index (κ1) is 16.5. The molecule has 0 saturated heterocycles. The summed E-state index contributed by atoms with van der Waals surface area (Å²) in [6.07, 6.45) is 1.44. The molecule has 0 aliphatic rings. The van der Waals surface area contributed by atoms with Gasteiger partial charge in [-0.05, 0) is 60.2 Å². The second-order valence-corrected chi connectivity index (χ2v) is 5.81.